The Labute approximate surface area is 145 Å². The van der Waals surface area contributed by atoms with E-state index >= 15 is 0 Å². The largest absolute Gasteiger partial charge is 0.449 e. The molecule has 12 heteroatoms. The summed E-state index contributed by atoms with van der Waals surface area (Å²) in [6.07, 6.45) is -9.56. The Bertz CT molecular complexity index is 673. The maximum absolute atomic E-state index is 12.9. The zero-order valence-electron chi connectivity index (χ0n) is 12.1. The molecule has 0 saturated carbocycles. The third-order valence-corrected chi connectivity index (χ3v) is 4.59. The number of aliphatic imine (C=N–C) groups is 1. The Morgan fingerprint density at radius 2 is 1.67 bits per heavy atom. The van der Waals surface area contributed by atoms with E-state index < -0.39 is 45.3 Å². The molecule has 0 heterocycles. The van der Waals surface area contributed by atoms with Crippen molar-refractivity contribution in [2.24, 2.45) is 4.99 Å². The molecule has 0 spiro atoms. The Morgan fingerprint density at radius 1 is 1.12 bits per heavy atom. The number of hydrogen-bond acceptors (Lipinski definition) is 2. The molecule has 1 aromatic carbocycles. The van der Waals surface area contributed by atoms with Crippen molar-refractivity contribution >= 4 is 45.5 Å². The molecule has 0 N–H and O–H groups in total. The van der Waals surface area contributed by atoms with Crippen LogP contribution in [0.15, 0.2) is 22.0 Å². The molecule has 0 saturated heterocycles. The molecule has 24 heavy (non-hydrogen) atoms. The molecule has 3 nitrogen and oxygen atoms in total. The molecule has 0 aromatic heterocycles. The summed E-state index contributed by atoms with van der Waals surface area (Å²) in [5, 5.41) is -0.684. The predicted molar refractivity (Wildman–Crippen MR) is 80.6 cm³/mol. The molecular formula is C12H10Cl2F6N2OS. The molecule has 0 fully saturated rings. The van der Waals surface area contributed by atoms with Crippen LogP contribution in [-0.2, 0) is 10.8 Å². The summed E-state index contributed by atoms with van der Waals surface area (Å²) in [5.74, 6) is -3.03. The number of hydrogen-bond donors (Lipinski definition) is 0. The zero-order valence-corrected chi connectivity index (χ0v) is 14.4. The fourth-order valence-electron chi connectivity index (χ4n) is 1.54. The number of benzene rings is 1. The van der Waals surface area contributed by atoms with Crippen LogP contribution in [0.25, 0.3) is 0 Å². The summed E-state index contributed by atoms with van der Waals surface area (Å²) in [6, 6.07) is 1.65. The van der Waals surface area contributed by atoms with Gasteiger partial charge in [0.1, 0.15) is 5.75 Å². The molecule has 0 aliphatic carbocycles. The molecule has 1 unspecified atom stereocenters. The summed E-state index contributed by atoms with van der Waals surface area (Å²) in [5.41, 5.74) is -0.493. The third-order valence-electron chi connectivity index (χ3n) is 2.44. The van der Waals surface area contributed by atoms with Gasteiger partial charge in [-0.05, 0) is 12.1 Å². The van der Waals surface area contributed by atoms with E-state index in [1.165, 1.54) is 0 Å². The molecule has 0 aliphatic heterocycles. The van der Waals surface area contributed by atoms with Crippen LogP contribution in [0.2, 0.25) is 10.0 Å². The molecule has 1 rings (SSSR count). The van der Waals surface area contributed by atoms with Crippen molar-refractivity contribution in [3.8, 4) is 0 Å². The second-order valence-corrected chi connectivity index (χ2v) is 6.90. The summed E-state index contributed by atoms with van der Waals surface area (Å²) >= 11 is 11.4. The van der Waals surface area contributed by atoms with Gasteiger partial charge in [0.2, 0.25) is 5.84 Å². The lowest BCUT2D eigenvalue weighted by Crippen LogP contribution is -2.35. The Balaban J connectivity index is 3.41. The smallest absolute Gasteiger partial charge is 0.359 e. The molecule has 0 amide bonds. The third kappa shape index (κ3) is 5.82. The number of amidine groups is 1. The van der Waals surface area contributed by atoms with Crippen molar-refractivity contribution in [3.05, 3.63) is 22.2 Å². The van der Waals surface area contributed by atoms with Gasteiger partial charge in [0.05, 0.1) is 31.4 Å². The molecule has 1 aromatic rings. The minimum atomic E-state index is -4.82. The van der Waals surface area contributed by atoms with E-state index in [4.69, 9.17) is 23.2 Å². The molecule has 0 bridgehead atoms. The second-order valence-electron chi connectivity index (χ2n) is 4.67. The van der Waals surface area contributed by atoms with E-state index in [0.717, 1.165) is 26.2 Å². The lowest BCUT2D eigenvalue weighted by Gasteiger charge is -2.18. The standard InChI is InChI=1S/C12H10Cl2F6N2OS/c1-22(2)10(12(18,19)20)21-8-4-9(7(14)3-6(8)13)24(23)5-11(15,16)17/h3-4H,5H2,1-2H3. The summed E-state index contributed by atoms with van der Waals surface area (Å²) in [6.45, 7) is 0. The van der Waals surface area contributed by atoms with E-state index in [1.54, 1.807) is 0 Å². The second kappa shape index (κ2) is 7.49. The Hall–Kier alpha value is -1.00. The van der Waals surface area contributed by atoms with Gasteiger partial charge in [0.25, 0.3) is 0 Å². The van der Waals surface area contributed by atoms with Gasteiger partial charge in [0, 0.05) is 14.1 Å². The van der Waals surface area contributed by atoms with Crippen LogP contribution in [0.4, 0.5) is 32.0 Å². The Morgan fingerprint density at radius 3 is 2.08 bits per heavy atom. The van der Waals surface area contributed by atoms with Gasteiger partial charge in [-0.25, -0.2) is 4.99 Å². The van der Waals surface area contributed by atoms with Gasteiger partial charge in [-0.2, -0.15) is 26.3 Å². The van der Waals surface area contributed by atoms with Crippen molar-refractivity contribution in [1.29, 1.82) is 0 Å². The minimum Gasteiger partial charge on any atom is -0.359 e. The van der Waals surface area contributed by atoms with Crippen LogP contribution in [0.3, 0.4) is 0 Å². The van der Waals surface area contributed by atoms with Crippen LogP contribution in [0, 0.1) is 0 Å². The average Bonchev–Trinajstić information content (AvgIpc) is 2.33. The number of alkyl halides is 6. The number of rotatable bonds is 3. The molecule has 1 atom stereocenters. The Kier molecular flexibility index (Phi) is 6.56. The monoisotopic (exact) mass is 414 g/mol. The van der Waals surface area contributed by atoms with Crippen molar-refractivity contribution in [1.82, 2.24) is 4.90 Å². The first-order chi connectivity index (χ1) is 10.7. The molecular weight excluding hydrogens is 405 g/mol. The van der Waals surface area contributed by atoms with Crippen LogP contribution >= 0.6 is 23.2 Å². The van der Waals surface area contributed by atoms with Crippen molar-refractivity contribution in [2.75, 3.05) is 19.8 Å². The summed E-state index contributed by atoms with van der Waals surface area (Å²) in [4.78, 5) is 3.48. The van der Waals surface area contributed by atoms with E-state index in [9.17, 15) is 30.6 Å². The first-order valence-corrected chi connectivity index (χ1v) is 8.07. The van der Waals surface area contributed by atoms with Crippen LogP contribution in [0.5, 0.6) is 0 Å². The van der Waals surface area contributed by atoms with Crippen LogP contribution in [-0.4, -0.2) is 47.1 Å². The van der Waals surface area contributed by atoms with E-state index in [2.05, 4.69) is 4.99 Å². The highest BCUT2D eigenvalue weighted by atomic mass is 35.5. The van der Waals surface area contributed by atoms with Gasteiger partial charge >= 0.3 is 12.4 Å². The van der Waals surface area contributed by atoms with Crippen LogP contribution < -0.4 is 0 Å². The minimum absolute atomic E-state index is 0.323. The quantitative estimate of drug-likeness (QED) is 0.403. The van der Waals surface area contributed by atoms with E-state index in [0.29, 0.717) is 4.90 Å². The van der Waals surface area contributed by atoms with Crippen molar-refractivity contribution in [2.45, 2.75) is 17.2 Å². The molecule has 0 aliphatic rings. The van der Waals surface area contributed by atoms with Crippen molar-refractivity contribution < 1.29 is 30.6 Å². The van der Waals surface area contributed by atoms with Gasteiger partial charge in [0.15, 0.2) is 0 Å². The first-order valence-electron chi connectivity index (χ1n) is 5.99. The number of halogens is 8. The fraction of sp³-hybridized carbons (Fsp3) is 0.417. The normalized spacial score (nSPS) is 14.7. The van der Waals surface area contributed by atoms with E-state index in [1.807, 2.05) is 0 Å². The van der Waals surface area contributed by atoms with Gasteiger partial charge < -0.3 is 4.90 Å². The maximum Gasteiger partial charge on any atom is 0.449 e. The predicted octanol–water partition coefficient (Wildman–Crippen LogP) is 4.82. The van der Waals surface area contributed by atoms with Crippen molar-refractivity contribution in [3.63, 3.8) is 0 Å². The summed E-state index contributed by atoms with van der Waals surface area (Å²) in [7, 11) is -0.445. The van der Waals surface area contributed by atoms with Gasteiger partial charge in [-0.3, -0.25) is 4.21 Å². The fourth-order valence-corrected chi connectivity index (χ4v) is 3.19. The summed E-state index contributed by atoms with van der Waals surface area (Å²) < 4.78 is 87.4. The highest BCUT2D eigenvalue weighted by molar-refractivity contribution is 7.85. The topological polar surface area (TPSA) is 32.7 Å². The van der Waals surface area contributed by atoms with Gasteiger partial charge in [-0.1, -0.05) is 23.2 Å². The molecule has 136 valence electrons. The average molecular weight is 415 g/mol. The highest BCUT2D eigenvalue weighted by Gasteiger charge is 2.38. The SMILES string of the molecule is CN(C)C(=Nc1cc(S(=O)CC(F)(F)F)c(Cl)cc1Cl)C(F)(F)F. The lowest BCUT2D eigenvalue weighted by molar-refractivity contribution is -0.105. The van der Waals surface area contributed by atoms with Crippen LogP contribution in [0.1, 0.15) is 0 Å². The van der Waals surface area contributed by atoms with Gasteiger partial charge in [-0.15, -0.1) is 0 Å². The number of nitrogens with zero attached hydrogens (tertiary/aromatic N) is 2. The highest BCUT2D eigenvalue weighted by Crippen LogP contribution is 2.35. The zero-order chi connectivity index (χ0) is 18.9. The maximum atomic E-state index is 12.9. The first kappa shape index (κ1) is 21.0. The lowest BCUT2D eigenvalue weighted by atomic mass is 10.3. The van der Waals surface area contributed by atoms with E-state index in [-0.39, 0.29) is 10.0 Å². The molecule has 0 radical (unpaired) electrons.